The average Bonchev–Trinajstić information content (AvgIpc) is 2.81. The third kappa shape index (κ3) is 3.71. The largest absolute Gasteiger partial charge is 0.352 e. The van der Waals surface area contributed by atoms with Gasteiger partial charge in [0.25, 0.3) is 0 Å². The minimum Gasteiger partial charge on any atom is -0.352 e. The molecule has 2 atom stereocenters. The molecule has 2 rings (SSSR count). The van der Waals surface area contributed by atoms with E-state index in [0.717, 1.165) is 32.2 Å². The van der Waals surface area contributed by atoms with Crippen molar-refractivity contribution in [1.82, 2.24) is 10.6 Å². The molecule has 1 aliphatic heterocycles. The maximum Gasteiger partial charge on any atom is 0.226 e. The predicted molar refractivity (Wildman–Crippen MR) is 79.0 cm³/mol. The second-order valence-corrected chi connectivity index (χ2v) is 7.14. The molecular weight excluding hydrogens is 236 g/mol. The van der Waals surface area contributed by atoms with Crippen molar-refractivity contribution in [1.29, 1.82) is 0 Å². The molecule has 19 heavy (non-hydrogen) atoms. The fourth-order valence-corrected chi connectivity index (χ4v) is 3.82. The summed E-state index contributed by atoms with van der Waals surface area (Å²) in [5, 5.41) is 6.79. The highest BCUT2D eigenvalue weighted by Crippen LogP contribution is 2.43. The normalized spacial score (nSPS) is 30.5. The molecule has 2 aliphatic rings. The fourth-order valence-electron chi connectivity index (χ4n) is 3.82. The first-order valence-corrected chi connectivity index (χ1v) is 8.06. The second kappa shape index (κ2) is 6.25. The third-order valence-corrected chi connectivity index (χ3v) is 4.84. The van der Waals surface area contributed by atoms with E-state index in [-0.39, 0.29) is 5.41 Å². The summed E-state index contributed by atoms with van der Waals surface area (Å²) in [6.45, 7) is 7.62. The van der Waals surface area contributed by atoms with Crippen molar-refractivity contribution < 1.29 is 4.79 Å². The Kier molecular flexibility index (Phi) is 4.88. The van der Waals surface area contributed by atoms with Gasteiger partial charge < -0.3 is 10.6 Å². The van der Waals surface area contributed by atoms with Crippen molar-refractivity contribution in [3.05, 3.63) is 0 Å². The quantitative estimate of drug-likeness (QED) is 0.821. The summed E-state index contributed by atoms with van der Waals surface area (Å²) in [7, 11) is 0. The van der Waals surface area contributed by atoms with Crippen LogP contribution in [0.5, 0.6) is 0 Å². The van der Waals surface area contributed by atoms with Crippen molar-refractivity contribution in [2.75, 3.05) is 6.54 Å². The SMILES string of the molecule is CC(C)CC1(C(=O)NC2CCC(C)NC2)CCCC1. The van der Waals surface area contributed by atoms with Crippen LogP contribution in [0.25, 0.3) is 0 Å². The van der Waals surface area contributed by atoms with E-state index in [1.54, 1.807) is 0 Å². The monoisotopic (exact) mass is 266 g/mol. The summed E-state index contributed by atoms with van der Waals surface area (Å²) in [5.41, 5.74) is -0.0583. The Bertz CT molecular complexity index is 300. The number of carbonyl (C=O) groups is 1. The Hall–Kier alpha value is -0.570. The lowest BCUT2D eigenvalue weighted by Crippen LogP contribution is -2.52. The van der Waals surface area contributed by atoms with Gasteiger partial charge in [0.15, 0.2) is 0 Å². The van der Waals surface area contributed by atoms with Crippen LogP contribution in [-0.2, 0) is 4.79 Å². The maximum absolute atomic E-state index is 12.7. The molecule has 0 aromatic rings. The van der Waals surface area contributed by atoms with Crippen molar-refractivity contribution >= 4 is 5.91 Å². The molecule has 2 N–H and O–H groups in total. The van der Waals surface area contributed by atoms with Crippen molar-refractivity contribution in [3.8, 4) is 0 Å². The molecule has 1 saturated heterocycles. The Morgan fingerprint density at radius 2 is 2.00 bits per heavy atom. The van der Waals surface area contributed by atoms with E-state index in [0.29, 0.717) is 23.9 Å². The highest BCUT2D eigenvalue weighted by Gasteiger charge is 2.42. The number of rotatable bonds is 4. The zero-order valence-electron chi connectivity index (χ0n) is 12.8. The Balaban J connectivity index is 1.92. The lowest BCUT2D eigenvalue weighted by molar-refractivity contribution is -0.132. The van der Waals surface area contributed by atoms with E-state index in [2.05, 4.69) is 31.4 Å². The molecule has 1 heterocycles. The van der Waals surface area contributed by atoms with Gasteiger partial charge in [0, 0.05) is 24.0 Å². The van der Waals surface area contributed by atoms with Gasteiger partial charge in [-0.1, -0.05) is 26.7 Å². The van der Waals surface area contributed by atoms with Gasteiger partial charge in [0.05, 0.1) is 0 Å². The molecule has 3 heteroatoms. The summed E-state index contributed by atoms with van der Waals surface area (Å²) in [4.78, 5) is 12.7. The van der Waals surface area contributed by atoms with Crippen LogP contribution < -0.4 is 10.6 Å². The zero-order valence-corrected chi connectivity index (χ0v) is 12.8. The summed E-state index contributed by atoms with van der Waals surface area (Å²) >= 11 is 0. The predicted octanol–water partition coefficient (Wildman–Crippen LogP) is 2.85. The highest BCUT2D eigenvalue weighted by molar-refractivity contribution is 5.83. The van der Waals surface area contributed by atoms with Gasteiger partial charge in [-0.05, 0) is 44.9 Å². The Labute approximate surface area is 117 Å². The number of nitrogens with one attached hydrogen (secondary N) is 2. The molecule has 3 nitrogen and oxygen atoms in total. The van der Waals surface area contributed by atoms with Gasteiger partial charge in [-0.3, -0.25) is 4.79 Å². The van der Waals surface area contributed by atoms with Crippen LogP contribution in [0.15, 0.2) is 0 Å². The molecule has 0 aromatic heterocycles. The Morgan fingerprint density at radius 3 is 2.53 bits per heavy atom. The lowest BCUT2D eigenvalue weighted by atomic mass is 9.77. The molecule has 0 spiro atoms. The van der Waals surface area contributed by atoms with Gasteiger partial charge in [-0.2, -0.15) is 0 Å². The summed E-state index contributed by atoms with van der Waals surface area (Å²) in [6, 6.07) is 0.942. The van der Waals surface area contributed by atoms with E-state index in [1.807, 2.05) is 0 Å². The van der Waals surface area contributed by atoms with Crippen molar-refractivity contribution in [2.45, 2.75) is 77.8 Å². The minimum atomic E-state index is -0.0583. The lowest BCUT2D eigenvalue weighted by Gasteiger charge is -2.34. The molecule has 0 radical (unpaired) electrons. The molecule has 2 fully saturated rings. The molecule has 1 aliphatic carbocycles. The van der Waals surface area contributed by atoms with Crippen LogP contribution in [0.2, 0.25) is 0 Å². The molecule has 0 bridgehead atoms. The number of hydrogen-bond donors (Lipinski definition) is 2. The van der Waals surface area contributed by atoms with Gasteiger partial charge >= 0.3 is 0 Å². The number of amides is 1. The molecule has 110 valence electrons. The Morgan fingerprint density at radius 1 is 1.32 bits per heavy atom. The average molecular weight is 266 g/mol. The van der Waals surface area contributed by atoms with Crippen LogP contribution in [0.4, 0.5) is 0 Å². The van der Waals surface area contributed by atoms with E-state index >= 15 is 0 Å². The summed E-state index contributed by atoms with van der Waals surface area (Å²) < 4.78 is 0. The standard InChI is InChI=1S/C16H30N2O/c1-12(2)10-16(8-4-5-9-16)15(19)18-14-7-6-13(3)17-11-14/h12-14,17H,4-11H2,1-3H3,(H,18,19). The first-order chi connectivity index (χ1) is 9.02. The maximum atomic E-state index is 12.7. The van der Waals surface area contributed by atoms with Gasteiger partial charge in [0.2, 0.25) is 5.91 Å². The number of hydrogen-bond acceptors (Lipinski definition) is 2. The molecular formula is C16H30N2O. The summed E-state index contributed by atoms with van der Waals surface area (Å²) in [6.07, 6.45) is 7.97. The van der Waals surface area contributed by atoms with Crippen molar-refractivity contribution in [3.63, 3.8) is 0 Å². The van der Waals surface area contributed by atoms with Gasteiger partial charge in [-0.15, -0.1) is 0 Å². The van der Waals surface area contributed by atoms with Gasteiger partial charge in [-0.25, -0.2) is 0 Å². The molecule has 1 saturated carbocycles. The second-order valence-electron chi connectivity index (χ2n) is 7.14. The topological polar surface area (TPSA) is 41.1 Å². The first-order valence-electron chi connectivity index (χ1n) is 8.06. The first kappa shape index (κ1) is 14.8. The van der Waals surface area contributed by atoms with E-state index in [1.165, 1.54) is 19.3 Å². The molecule has 0 aromatic carbocycles. The zero-order chi connectivity index (χ0) is 13.9. The number of piperidine rings is 1. The minimum absolute atomic E-state index is 0.0583. The smallest absolute Gasteiger partial charge is 0.226 e. The highest BCUT2D eigenvalue weighted by atomic mass is 16.2. The number of carbonyl (C=O) groups excluding carboxylic acids is 1. The summed E-state index contributed by atoms with van der Waals surface area (Å²) in [5.74, 6) is 0.938. The van der Waals surface area contributed by atoms with Crippen LogP contribution >= 0.6 is 0 Å². The van der Waals surface area contributed by atoms with E-state index in [9.17, 15) is 4.79 Å². The van der Waals surface area contributed by atoms with E-state index in [4.69, 9.17) is 0 Å². The van der Waals surface area contributed by atoms with Crippen LogP contribution in [0.1, 0.15) is 65.7 Å². The fraction of sp³-hybridized carbons (Fsp3) is 0.938. The molecule has 2 unspecified atom stereocenters. The van der Waals surface area contributed by atoms with Crippen LogP contribution in [0.3, 0.4) is 0 Å². The van der Waals surface area contributed by atoms with Crippen LogP contribution in [0, 0.1) is 11.3 Å². The van der Waals surface area contributed by atoms with Crippen LogP contribution in [-0.4, -0.2) is 24.5 Å². The third-order valence-electron chi connectivity index (χ3n) is 4.84. The van der Waals surface area contributed by atoms with Crippen molar-refractivity contribution in [2.24, 2.45) is 11.3 Å². The molecule has 1 amide bonds. The van der Waals surface area contributed by atoms with Gasteiger partial charge in [0.1, 0.15) is 0 Å². The van der Waals surface area contributed by atoms with E-state index < -0.39 is 0 Å².